The number of hydrogen-bond donors (Lipinski definition) is 0. The van der Waals surface area contributed by atoms with E-state index < -0.39 is 0 Å². The lowest BCUT2D eigenvalue weighted by molar-refractivity contribution is 0.378. The molecule has 0 spiro atoms. The van der Waals surface area contributed by atoms with Crippen LogP contribution in [0.1, 0.15) is 52.2 Å². The topological polar surface area (TPSA) is 0 Å². The zero-order chi connectivity index (χ0) is 12.2. The number of aryl methyl sites for hydroxylation is 1. The van der Waals surface area contributed by atoms with Crippen LogP contribution in [0.4, 0.5) is 0 Å². The first-order valence-electron chi connectivity index (χ1n) is 6.44. The molecule has 0 heteroatoms. The SMILES string of the molecule is CC(C)Cc1ccc(CCC(C)(C)C)cc1. The third kappa shape index (κ3) is 5.34. The molecule has 0 atom stereocenters. The van der Waals surface area contributed by atoms with Crippen LogP contribution >= 0.6 is 0 Å². The molecule has 0 aliphatic rings. The highest BCUT2D eigenvalue weighted by molar-refractivity contribution is 5.23. The van der Waals surface area contributed by atoms with Gasteiger partial charge in [0.05, 0.1) is 0 Å². The molecule has 0 fully saturated rings. The third-order valence-electron chi connectivity index (χ3n) is 2.83. The monoisotopic (exact) mass is 218 g/mol. The van der Waals surface area contributed by atoms with Crippen molar-refractivity contribution in [2.75, 3.05) is 0 Å². The second-order valence-electron chi connectivity index (χ2n) is 6.48. The molecule has 0 aliphatic heterocycles. The van der Waals surface area contributed by atoms with Crippen molar-refractivity contribution < 1.29 is 0 Å². The minimum atomic E-state index is 0.441. The number of benzene rings is 1. The second kappa shape index (κ2) is 5.52. The summed E-state index contributed by atoms with van der Waals surface area (Å²) >= 11 is 0. The van der Waals surface area contributed by atoms with Crippen molar-refractivity contribution in [3.05, 3.63) is 35.4 Å². The normalized spacial score (nSPS) is 12.1. The van der Waals surface area contributed by atoms with E-state index in [4.69, 9.17) is 0 Å². The third-order valence-corrected chi connectivity index (χ3v) is 2.83. The molecular formula is C16H26. The van der Waals surface area contributed by atoms with Gasteiger partial charge in [-0.25, -0.2) is 0 Å². The predicted molar refractivity (Wildman–Crippen MR) is 72.8 cm³/mol. The van der Waals surface area contributed by atoms with Crippen molar-refractivity contribution in [2.45, 2.75) is 53.9 Å². The number of rotatable bonds is 4. The average Bonchev–Trinajstić information content (AvgIpc) is 2.14. The van der Waals surface area contributed by atoms with Crippen molar-refractivity contribution in [1.82, 2.24) is 0 Å². The fourth-order valence-corrected chi connectivity index (χ4v) is 1.83. The van der Waals surface area contributed by atoms with Crippen LogP contribution in [0.5, 0.6) is 0 Å². The Labute approximate surface area is 101 Å². The summed E-state index contributed by atoms with van der Waals surface area (Å²) in [4.78, 5) is 0. The highest BCUT2D eigenvalue weighted by Gasteiger charge is 2.09. The van der Waals surface area contributed by atoms with Crippen molar-refractivity contribution in [2.24, 2.45) is 11.3 Å². The maximum Gasteiger partial charge on any atom is -0.0256 e. The van der Waals surface area contributed by atoms with Crippen molar-refractivity contribution >= 4 is 0 Å². The van der Waals surface area contributed by atoms with E-state index in [9.17, 15) is 0 Å². The zero-order valence-electron chi connectivity index (χ0n) is 11.5. The van der Waals surface area contributed by atoms with E-state index in [1.165, 1.54) is 30.4 Å². The molecule has 0 nitrogen and oxygen atoms in total. The lowest BCUT2D eigenvalue weighted by atomic mass is 9.88. The van der Waals surface area contributed by atoms with Gasteiger partial charge in [0.1, 0.15) is 0 Å². The summed E-state index contributed by atoms with van der Waals surface area (Å²) in [7, 11) is 0. The minimum Gasteiger partial charge on any atom is -0.0625 e. The van der Waals surface area contributed by atoms with Crippen molar-refractivity contribution in [1.29, 1.82) is 0 Å². The summed E-state index contributed by atoms with van der Waals surface area (Å²) in [5, 5.41) is 0. The summed E-state index contributed by atoms with van der Waals surface area (Å²) in [5.41, 5.74) is 3.38. The summed E-state index contributed by atoms with van der Waals surface area (Å²) in [6.45, 7) is 11.5. The van der Waals surface area contributed by atoms with Gasteiger partial charge in [-0.3, -0.25) is 0 Å². The van der Waals surface area contributed by atoms with Gasteiger partial charge >= 0.3 is 0 Å². The Morgan fingerprint density at radius 3 is 1.88 bits per heavy atom. The van der Waals surface area contributed by atoms with Crippen LogP contribution in [-0.4, -0.2) is 0 Å². The Bertz CT molecular complexity index is 298. The van der Waals surface area contributed by atoms with Gasteiger partial charge < -0.3 is 0 Å². The first kappa shape index (κ1) is 13.3. The zero-order valence-corrected chi connectivity index (χ0v) is 11.5. The second-order valence-corrected chi connectivity index (χ2v) is 6.48. The highest BCUT2D eigenvalue weighted by atomic mass is 14.1. The largest absolute Gasteiger partial charge is 0.0625 e. The summed E-state index contributed by atoms with van der Waals surface area (Å²) in [6, 6.07) is 9.17. The highest BCUT2D eigenvalue weighted by Crippen LogP contribution is 2.21. The van der Waals surface area contributed by atoms with Crippen LogP contribution in [0.25, 0.3) is 0 Å². The molecule has 1 rings (SSSR count). The van der Waals surface area contributed by atoms with Crippen LogP contribution in [0.3, 0.4) is 0 Å². The Balaban J connectivity index is 2.51. The quantitative estimate of drug-likeness (QED) is 0.676. The lowest BCUT2D eigenvalue weighted by Gasteiger charge is -2.17. The molecule has 1 aromatic rings. The molecule has 0 N–H and O–H groups in total. The Morgan fingerprint density at radius 2 is 1.44 bits per heavy atom. The molecule has 0 radical (unpaired) electrons. The van der Waals surface area contributed by atoms with Crippen molar-refractivity contribution in [3.63, 3.8) is 0 Å². The van der Waals surface area contributed by atoms with Crippen molar-refractivity contribution in [3.8, 4) is 0 Å². The molecule has 0 saturated heterocycles. The minimum absolute atomic E-state index is 0.441. The standard InChI is InChI=1S/C16H26/c1-13(2)12-15-8-6-14(7-9-15)10-11-16(3,4)5/h6-9,13H,10-12H2,1-5H3. The van der Waals surface area contributed by atoms with Crippen LogP contribution in [-0.2, 0) is 12.8 Å². The fourth-order valence-electron chi connectivity index (χ4n) is 1.83. The van der Waals surface area contributed by atoms with Crippen LogP contribution < -0.4 is 0 Å². The maximum atomic E-state index is 2.31. The molecule has 0 saturated carbocycles. The van der Waals surface area contributed by atoms with E-state index in [0.29, 0.717) is 5.41 Å². The molecule has 16 heavy (non-hydrogen) atoms. The van der Waals surface area contributed by atoms with Crippen LogP contribution in [0.2, 0.25) is 0 Å². The van der Waals surface area contributed by atoms with Gasteiger partial charge in [-0.1, -0.05) is 58.9 Å². The van der Waals surface area contributed by atoms with E-state index >= 15 is 0 Å². The maximum absolute atomic E-state index is 2.31. The van der Waals surface area contributed by atoms with E-state index in [-0.39, 0.29) is 0 Å². The summed E-state index contributed by atoms with van der Waals surface area (Å²) in [5.74, 6) is 0.750. The fraction of sp³-hybridized carbons (Fsp3) is 0.625. The Morgan fingerprint density at radius 1 is 0.938 bits per heavy atom. The molecular weight excluding hydrogens is 192 g/mol. The van der Waals surface area contributed by atoms with Gasteiger partial charge in [0.25, 0.3) is 0 Å². The van der Waals surface area contributed by atoms with Gasteiger partial charge in [0.2, 0.25) is 0 Å². The molecule has 0 amide bonds. The molecule has 1 aromatic carbocycles. The van der Waals surface area contributed by atoms with Gasteiger partial charge in [0.15, 0.2) is 0 Å². The summed E-state index contributed by atoms with van der Waals surface area (Å²) < 4.78 is 0. The molecule has 0 unspecified atom stereocenters. The van der Waals surface area contributed by atoms with E-state index in [1.807, 2.05) is 0 Å². The predicted octanol–water partition coefficient (Wildman–Crippen LogP) is 4.86. The van der Waals surface area contributed by atoms with E-state index in [2.05, 4.69) is 58.9 Å². The van der Waals surface area contributed by atoms with Gasteiger partial charge in [-0.2, -0.15) is 0 Å². The van der Waals surface area contributed by atoms with Gasteiger partial charge in [-0.15, -0.1) is 0 Å². The molecule has 0 aromatic heterocycles. The van der Waals surface area contributed by atoms with Gasteiger partial charge in [0, 0.05) is 0 Å². The molecule has 0 bridgehead atoms. The Hall–Kier alpha value is -0.780. The van der Waals surface area contributed by atoms with Gasteiger partial charge in [-0.05, 0) is 41.7 Å². The lowest BCUT2D eigenvalue weighted by Crippen LogP contribution is -2.06. The average molecular weight is 218 g/mol. The molecule has 0 heterocycles. The summed E-state index contributed by atoms with van der Waals surface area (Å²) in [6.07, 6.45) is 3.65. The smallest absolute Gasteiger partial charge is 0.0256 e. The van der Waals surface area contributed by atoms with Crippen LogP contribution in [0, 0.1) is 11.3 Å². The first-order valence-corrected chi connectivity index (χ1v) is 6.44. The van der Waals surface area contributed by atoms with Crippen LogP contribution in [0.15, 0.2) is 24.3 Å². The Kier molecular flexibility index (Phi) is 4.58. The first-order chi connectivity index (χ1) is 7.37. The van der Waals surface area contributed by atoms with E-state index in [0.717, 1.165) is 5.92 Å². The number of hydrogen-bond acceptors (Lipinski definition) is 0. The van der Waals surface area contributed by atoms with E-state index in [1.54, 1.807) is 0 Å². The molecule has 90 valence electrons. The molecule has 0 aliphatic carbocycles.